The van der Waals surface area contributed by atoms with Crippen LogP contribution in [-0.2, 0) is 11.2 Å². The minimum atomic E-state index is -1.27. The first-order valence-corrected chi connectivity index (χ1v) is 9.99. The molecular formula is C27H25F4NO. The molecule has 0 atom stereocenters. The number of nitrogens with zero attached hydrogens (tertiary/aromatic N) is 1. The third kappa shape index (κ3) is 6.42. The van der Waals surface area contributed by atoms with E-state index in [0.717, 1.165) is 12.7 Å². The van der Waals surface area contributed by atoms with E-state index in [1.54, 1.807) is 18.3 Å². The summed E-state index contributed by atoms with van der Waals surface area (Å²) in [7, 11) is 1.16. The molecule has 0 fully saturated rings. The van der Waals surface area contributed by atoms with Crippen LogP contribution in [0, 0.1) is 18.6 Å². The van der Waals surface area contributed by atoms with Crippen molar-refractivity contribution >= 4 is 0 Å². The van der Waals surface area contributed by atoms with Crippen LogP contribution in [0.3, 0.4) is 0 Å². The molecule has 0 aliphatic rings. The van der Waals surface area contributed by atoms with Crippen LogP contribution in [0.2, 0.25) is 0 Å². The number of benzene rings is 1. The Morgan fingerprint density at radius 3 is 2.27 bits per heavy atom. The highest BCUT2D eigenvalue weighted by atomic mass is 19.2. The Bertz CT molecular complexity index is 1160. The fourth-order valence-corrected chi connectivity index (χ4v) is 2.79. The maximum Gasteiger partial charge on any atom is 0.200 e. The molecule has 0 spiro atoms. The summed E-state index contributed by atoms with van der Waals surface area (Å²) in [5.41, 5.74) is 1.93. The predicted molar refractivity (Wildman–Crippen MR) is 125 cm³/mol. The molecule has 0 aliphatic carbocycles. The minimum Gasteiger partial charge on any atom is -0.494 e. The fraction of sp³-hybridized carbons (Fsp3) is 0.148. The number of aromatic nitrogens is 1. The molecule has 0 N–H and O–H groups in total. The van der Waals surface area contributed by atoms with Gasteiger partial charge >= 0.3 is 0 Å². The molecule has 0 amide bonds. The Hall–Kier alpha value is -3.67. The summed E-state index contributed by atoms with van der Waals surface area (Å²) in [6.07, 6.45) is 5.03. The fourth-order valence-electron chi connectivity index (χ4n) is 2.79. The quantitative estimate of drug-likeness (QED) is 0.207. The zero-order valence-electron chi connectivity index (χ0n) is 18.7. The van der Waals surface area contributed by atoms with Crippen molar-refractivity contribution in [2.45, 2.75) is 19.8 Å². The first kappa shape index (κ1) is 25.6. The van der Waals surface area contributed by atoms with E-state index in [4.69, 9.17) is 0 Å². The molecule has 6 heteroatoms. The molecule has 0 bridgehead atoms. The highest BCUT2D eigenvalue weighted by Gasteiger charge is 2.16. The van der Waals surface area contributed by atoms with Crippen molar-refractivity contribution in [2.75, 3.05) is 7.11 Å². The summed E-state index contributed by atoms with van der Waals surface area (Å²) in [5, 5.41) is 0. The van der Waals surface area contributed by atoms with Crippen molar-refractivity contribution in [3.63, 3.8) is 0 Å². The topological polar surface area (TPSA) is 22.1 Å². The molecule has 0 radical (unpaired) electrons. The van der Waals surface area contributed by atoms with Crippen molar-refractivity contribution in [2.24, 2.45) is 0 Å². The van der Waals surface area contributed by atoms with E-state index >= 15 is 0 Å². The van der Waals surface area contributed by atoms with Crippen LogP contribution in [0.1, 0.15) is 17.5 Å². The Balaban J connectivity index is 2.04. The molecule has 1 aromatic heterocycles. The average molecular weight is 455 g/mol. The smallest absolute Gasteiger partial charge is 0.200 e. The Labute approximate surface area is 191 Å². The van der Waals surface area contributed by atoms with Crippen LogP contribution < -0.4 is 0 Å². The summed E-state index contributed by atoms with van der Waals surface area (Å²) in [6.45, 7) is 16.1. The number of pyridine rings is 1. The number of rotatable bonds is 10. The maximum atomic E-state index is 14.6. The normalized spacial score (nSPS) is 11.8. The molecule has 0 aliphatic heterocycles. The molecular weight excluding hydrogens is 430 g/mol. The van der Waals surface area contributed by atoms with Gasteiger partial charge in [-0.05, 0) is 48.6 Å². The van der Waals surface area contributed by atoms with E-state index < -0.39 is 29.0 Å². The van der Waals surface area contributed by atoms with E-state index in [0.29, 0.717) is 17.7 Å². The van der Waals surface area contributed by atoms with Crippen molar-refractivity contribution in [3.8, 4) is 11.3 Å². The van der Waals surface area contributed by atoms with Crippen LogP contribution in [-0.4, -0.2) is 12.1 Å². The Morgan fingerprint density at radius 2 is 1.67 bits per heavy atom. The summed E-state index contributed by atoms with van der Waals surface area (Å²) < 4.78 is 61.6. The van der Waals surface area contributed by atoms with Crippen LogP contribution in [0.4, 0.5) is 17.6 Å². The van der Waals surface area contributed by atoms with Crippen LogP contribution in [0.25, 0.3) is 11.3 Å². The first-order chi connectivity index (χ1) is 15.6. The third-order valence-corrected chi connectivity index (χ3v) is 4.92. The third-order valence-electron chi connectivity index (χ3n) is 4.92. The molecule has 33 heavy (non-hydrogen) atoms. The number of allylic oxidation sites excluding steroid dienone is 7. The second-order valence-corrected chi connectivity index (χ2v) is 7.37. The van der Waals surface area contributed by atoms with Crippen molar-refractivity contribution in [3.05, 3.63) is 126 Å². The van der Waals surface area contributed by atoms with Crippen molar-refractivity contribution in [1.29, 1.82) is 0 Å². The number of methoxy groups -OCH3 is 1. The maximum absolute atomic E-state index is 14.6. The lowest BCUT2D eigenvalue weighted by atomic mass is 10.00. The number of hydrogen-bond donors (Lipinski definition) is 0. The molecule has 0 saturated carbocycles. The van der Waals surface area contributed by atoms with Gasteiger partial charge in [0.1, 0.15) is 5.76 Å². The number of aryl methyl sites for hydroxylation is 2. The SMILES string of the molecule is C=C(/C=C\C(=C)C(=C)/C(F)=C(/F)C(=C)OC)CCc1ccc(-c2ccc(C)cn2)c(F)c1F. The average Bonchev–Trinajstić information content (AvgIpc) is 2.82. The largest absolute Gasteiger partial charge is 0.494 e. The number of ether oxygens (including phenoxy) is 1. The number of hydrogen-bond acceptors (Lipinski definition) is 2. The van der Waals surface area contributed by atoms with E-state index in [1.807, 2.05) is 6.92 Å². The summed E-state index contributed by atoms with van der Waals surface area (Å²) in [6, 6.07) is 6.41. The van der Waals surface area contributed by atoms with Gasteiger partial charge in [0, 0.05) is 17.3 Å². The highest BCUT2D eigenvalue weighted by molar-refractivity contribution is 5.60. The molecule has 0 unspecified atom stereocenters. The minimum absolute atomic E-state index is 0.0863. The zero-order valence-corrected chi connectivity index (χ0v) is 18.7. The van der Waals surface area contributed by atoms with Gasteiger partial charge in [0.2, 0.25) is 5.83 Å². The van der Waals surface area contributed by atoms with Crippen LogP contribution in [0.5, 0.6) is 0 Å². The Kier molecular flexibility index (Phi) is 8.74. The second-order valence-electron chi connectivity index (χ2n) is 7.37. The molecule has 2 rings (SSSR count). The summed E-state index contributed by atoms with van der Waals surface area (Å²) in [5.74, 6) is -4.86. The van der Waals surface area contributed by atoms with Gasteiger partial charge in [0.25, 0.3) is 0 Å². The lowest BCUT2D eigenvalue weighted by Gasteiger charge is -2.09. The van der Waals surface area contributed by atoms with Gasteiger partial charge in [0.15, 0.2) is 17.5 Å². The van der Waals surface area contributed by atoms with Crippen LogP contribution >= 0.6 is 0 Å². The molecule has 2 nitrogen and oxygen atoms in total. The molecule has 172 valence electrons. The lowest BCUT2D eigenvalue weighted by Crippen LogP contribution is -1.99. The zero-order chi connectivity index (χ0) is 24.7. The van der Waals surface area contributed by atoms with E-state index in [1.165, 1.54) is 24.3 Å². The molecule has 2 aromatic rings. The number of halogens is 4. The lowest BCUT2D eigenvalue weighted by molar-refractivity contribution is 0.281. The summed E-state index contributed by atoms with van der Waals surface area (Å²) in [4.78, 5) is 4.14. The van der Waals surface area contributed by atoms with Gasteiger partial charge in [-0.2, -0.15) is 4.39 Å². The van der Waals surface area contributed by atoms with Crippen molar-refractivity contribution in [1.82, 2.24) is 4.98 Å². The predicted octanol–water partition coefficient (Wildman–Crippen LogP) is 7.80. The van der Waals surface area contributed by atoms with Crippen LogP contribution in [0.15, 0.2) is 103 Å². The highest BCUT2D eigenvalue weighted by Crippen LogP contribution is 2.28. The van der Waals surface area contributed by atoms with Gasteiger partial charge in [-0.3, -0.25) is 4.98 Å². The van der Waals surface area contributed by atoms with Gasteiger partial charge in [0.05, 0.1) is 12.8 Å². The van der Waals surface area contributed by atoms with Gasteiger partial charge in [-0.1, -0.05) is 56.2 Å². The van der Waals surface area contributed by atoms with Gasteiger partial charge in [-0.15, -0.1) is 0 Å². The standard InChI is InChI=1S/C27H25F4NO/c1-16(7-10-18(3)19(4)24(28)25(29)20(5)33-6)8-11-21-12-13-22(27(31)26(21)30)23-14-9-17(2)15-32-23/h7,9-10,12-15H,1,3-5,8,11H2,2,6H3/b10-7-,25-24-. The molecule has 1 heterocycles. The van der Waals surface area contributed by atoms with Gasteiger partial charge in [-0.25, -0.2) is 13.2 Å². The summed E-state index contributed by atoms with van der Waals surface area (Å²) >= 11 is 0. The van der Waals surface area contributed by atoms with E-state index in [-0.39, 0.29) is 28.7 Å². The monoisotopic (exact) mass is 455 g/mol. The first-order valence-electron chi connectivity index (χ1n) is 9.99. The van der Waals surface area contributed by atoms with Gasteiger partial charge < -0.3 is 4.74 Å². The second kappa shape index (κ2) is 11.3. The van der Waals surface area contributed by atoms with Crippen molar-refractivity contribution < 1.29 is 22.3 Å². The molecule has 1 aromatic carbocycles. The Morgan fingerprint density at radius 1 is 0.970 bits per heavy atom. The molecule has 0 saturated heterocycles. The van der Waals surface area contributed by atoms with E-state index in [2.05, 4.69) is 36.0 Å². The van der Waals surface area contributed by atoms with E-state index in [9.17, 15) is 17.6 Å².